The zero-order valence-electron chi connectivity index (χ0n) is 17.3. The highest BCUT2D eigenvalue weighted by atomic mass is 32.1. The van der Waals surface area contributed by atoms with E-state index in [-0.39, 0.29) is 11.9 Å². The van der Waals surface area contributed by atoms with Gasteiger partial charge in [-0.2, -0.15) is 0 Å². The minimum absolute atomic E-state index is 0.0914. The van der Waals surface area contributed by atoms with E-state index in [0.29, 0.717) is 19.6 Å². The topological polar surface area (TPSA) is 55.3 Å². The van der Waals surface area contributed by atoms with E-state index < -0.39 is 0 Å². The van der Waals surface area contributed by atoms with Crippen LogP contribution in [-0.2, 0) is 16.0 Å². The summed E-state index contributed by atoms with van der Waals surface area (Å²) in [6, 6.07) is 10.3. The number of thiophene rings is 1. The number of benzene rings is 1. The number of hydrogen-bond donors (Lipinski definition) is 0. The predicted octanol–water partition coefficient (Wildman–Crippen LogP) is 4.68. The molecule has 1 unspecified atom stereocenters. The summed E-state index contributed by atoms with van der Waals surface area (Å²) in [6.45, 7) is 8.13. The molecule has 0 amide bonds. The molecule has 1 fully saturated rings. The molecular formula is C23H27N3O2S. The van der Waals surface area contributed by atoms with Gasteiger partial charge in [-0.1, -0.05) is 30.3 Å². The number of piperidine rings is 1. The van der Waals surface area contributed by atoms with Crippen molar-refractivity contribution in [2.24, 2.45) is 5.92 Å². The van der Waals surface area contributed by atoms with Gasteiger partial charge < -0.3 is 9.64 Å². The van der Waals surface area contributed by atoms with Crippen molar-refractivity contribution in [2.75, 3.05) is 24.6 Å². The van der Waals surface area contributed by atoms with Gasteiger partial charge in [-0.25, -0.2) is 9.97 Å². The number of carbonyl (C=O) groups excluding carboxylic acids is 1. The molecule has 5 nitrogen and oxygen atoms in total. The fourth-order valence-corrected chi connectivity index (χ4v) is 5.02. The third-order valence-electron chi connectivity index (χ3n) is 5.60. The molecule has 0 N–H and O–H groups in total. The van der Waals surface area contributed by atoms with Crippen molar-refractivity contribution in [3.63, 3.8) is 0 Å². The van der Waals surface area contributed by atoms with Gasteiger partial charge in [0.05, 0.1) is 17.9 Å². The molecule has 1 aliphatic rings. The van der Waals surface area contributed by atoms with E-state index in [0.717, 1.165) is 41.2 Å². The lowest BCUT2D eigenvalue weighted by molar-refractivity contribution is -0.148. The summed E-state index contributed by atoms with van der Waals surface area (Å²) in [5, 5.41) is 1.13. The third kappa shape index (κ3) is 4.13. The van der Waals surface area contributed by atoms with Crippen molar-refractivity contribution in [3.8, 4) is 0 Å². The quantitative estimate of drug-likeness (QED) is 0.573. The number of hydrogen-bond acceptors (Lipinski definition) is 6. The van der Waals surface area contributed by atoms with Crippen LogP contribution in [0.15, 0.2) is 30.3 Å². The molecule has 2 aromatic heterocycles. The van der Waals surface area contributed by atoms with E-state index in [4.69, 9.17) is 14.7 Å². The summed E-state index contributed by atoms with van der Waals surface area (Å²) in [5.41, 5.74) is 2.44. The fraction of sp³-hybridized carbons (Fsp3) is 0.435. The van der Waals surface area contributed by atoms with E-state index in [1.54, 1.807) is 11.3 Å². The fourth-order valence-electron chi connectivity index (χ4n) is 3.98. The maximum atomic E-state index is 12.3. The molecule has 29 heavy (non-hydrogen) atoms. The summed E-state index contributed by atoms with van der Waals surface area (Å²) in [5.74, 6) is 1.62. The van der Waals surface area contributed by atoms with Crippen LogP contribution in [0.4, 0.5) is 5.82 Å². The molecule has 4 rings (SSSR count). The third-order valence-corrected chi connectivity index (χ3v) is 6.70. The Morgan fingerprint density at radius 1 is 1.24 bits per heavy atom. The van der Waals surface area contributed by atoms with Gasteiger partial charge in [-0.05, 0) is 44.7 Å². The molecule has 6 heteroatoms. The maximum Gasteiger partial charge on any atom is 0.310 e. The van der Waals surface area contributed by atoms with Gasteiger partial charge >= 0.3 is 5.97 Å². The summed E-state index contributed by atoms with van der Waals surface area (Å²) < 4.78 is 5.29. The smallest absolute Gasteiger partial charge is 0.310 e. The minimum Gasteiger partial charge on any atom is -0.466 e. The summed E-state index contributed by atoms with van der Waals surface area (Å²) in [6.07, 6.45) is 2.54. The monoisotopic (exact) mass is 409 g/mol. The first kappa shape index (κ1) is 19.8. The van der Waals surface area contributed by atoms with Crippen molar-refractivity contribution < 1.29 is 9.53 Å². The molecule has 0 spiro atoms. The first-order chi connectivity index (χ1) is 14.1. The standard InChI is InChI=1S/C23H27N3O2S/c1-4-28-23(27)18-11-8-12-26(14-18)21-20-15(2)16(3)29-22(20)25-19(24-21)13-17-9-6-5-7-10-17/h5-7,9-10,18H,4,8,11-14H2,1-3H3. The minimum atomic E-state index is -0.0924. The lowest BCUT2D eigenvalue weighted by Gasteiger charge is -2.33. The Morgan fingerprint density at radius 3 is 2.79 bits per heavy atom. The predicted molar refractivity (Wildman–Crippen MR) is 118 cm³/mol. The van der Waals surface area contributed by atoms with Gasteiger partial charge in [0.1, 0.15) is 16.5 Å². The molecule has 1 aromatic carbocycles. The number of fused-ring (bicyclic) bond motifs is 1. The number of rotatable bonds is 5. The molecule has 1 aliphatic heterocycles. The van der Waals surface area contributed by atoms with Crippen LogP contribution >= 0.6 is 11.3 Å². The van der Waals surface area contributed by atoms with Crippen molar-refractivity contribution >= 4 is 33.3 Å². The van der Waals surface area contributed by atoms with Crippen LogP contribution in [0.3, 0.4) is 0 Å². The number of aryl methyl sites for hydroxylation is 2. The van der Waals surface area contributed by atoms with Crippen LogP contribution in [0.25, 0.3) is 10.2 Å². The second kappa shape index (κ2) is 8.49. The number of ether oxygens (including phenoxy) is 1. The zero-order chi connectivity index (χ0) is 20.4. The van der Waals surface area contributed by atoms with E-state index in [1.165, 1.54) is 16.0 Å². The Bertz CT molecular complexity index is 1020. The first-order valence-corrected chi connectivity index (χ1v) is 11.1. The second-order valence-electron chi connectivity index (χ2n) is 7.63. The van der Waals surface area contributed by atoms with Gasteiger partial charge in [0, 0.05) is 24.4 Å². The highest BCUT2D eigenvalue weighted by Crippen LogP contribution is 2.36. The summed E-state index contributed by atoms with van der Waals surface area (Å²) >= 11 is 1.73. The first-order valence-electron chi connectivity index (χ1n) is 10.3. The molecule has 0 bridgehead atoms. The Hall–Kier alpha value is -2.47. The lowest BCUT2D eigenvalue weighted by Crippen LogP contribution is -2.40. The van der Waals surface area contributed by atoms with Gasteiger partial charge in [-0.15, -0.1) is 11.3 Å². The molecule has 3 heterocycles. The van der Waals surface area contributed by atoms with Gasteiger partial charge in [0.25, 0.3) is 0 Å². The van der Waals surface area contributed by atoms with E-state index >= 15 is 0 Å². The molecule has 0 saturated carbocycles. The van der Waals surface area contributed by atoms with E-state index in [2.05, 4.69) is 30.9 Å². The van der Waals surface area contributed by atoms with Crippen LogP contribution in [0.2, 0.25) is 0 Å². The second-order valence-corrected chi connectivity index (χ2v) is 8.83. The molecule has 1 atom stereocenters. The summed E-state index contributed by atoms with van der Waals surface area (Å²) in [4.78, 5) is 26.8. The lowest BCUT2D eigenvalue weighted by atomic mass is 9.98. The molecule has 3 aromatic rings. The number of anilines is 1. The van der Waals surface area contributed by atoms with Crippen LogP contribution < -0.4 is 4.90 Å². The van der Waals surface area contributed by atoms with Crippen molar-refractivity contribution in [2.45, 2.75) is 40.0 Å². The van der Waals surface area contributed by atoms with Gasteiger partial charge in [0.2, 0.25) is 0 Å². The number of aromatic nitrogens is 2. The highest BCUT2D eigenvalue weighted by Gasteiger charge is 2.29. The Labute approximate surface area is 175 Å². The normalized spacial score (nSPS) is 16.9. The van der Waals surface area contributed by atoms with Crippen molar-refractivity contribution in [3.05, 3.63) is 52.2 Å². The van der Waals surface area contributed by atoms with Crippen LogP contribution in [0.1, 0.15) is 41.6 Å². The average molecular weight is 410 g/mol. The van der Waals surface area contributed by atoms with E-state index in [9.17, 15) is 4.79 Å². The maximum absolute atomic E-state index is 12.3. The number of nitrogens with zero attached hydrogens (tertiary/aromatic N) is 3. The molecule has 0 aliphatic carbocycles. The van der Waals surface area contributed by atoms with Crippen molar-refractivity contribution in [1.29, 1.82) is 0 Å². The largest absolute Gasteiger partial charge is 0.466 e. The molecule has 1 saturated heterocycles. The molecular weight excluding hydrogens is 382 g/mol. The number of esters is 1. The summed E-state index contributed by atoms with van der Waals surface area (Å²) in [7, 11) is 0. The van der Waals surface area contributed by atoms with E-state index in [1.807, 2.05) is 25.1 Å². The SMILES string of the molecule is CCOC(=O)C1CCCN(c2nc(Cc3ccccc3)nc3sc(C)c(C)c23)C1. The number of carbonyl (C=O) groups is 1. The zero-order valence-corrected chi connectivity index (χ0v) is 18.1. The van der Waals surface area contributed by atoms with Crippen LogP contribution in [-0.4, -0.2) is 35.6 Å². The van der Waals surface area contributed by atoms with Crippen molar-refractivity contribution in [1.82, 2.24) is 9.97 Å². The van der Waals surface area contributed by atoms with Crippen LogP contribution in [0, 0.1) is 19.8 Å². The molecule has 0 radical (unpaired) electrons. The van der Waals surface area contributed by atoms with Gasteiger partial charge in [-0.3, -0.25) is 4.79 Å². The van der Waals surface area contributed by atoms with Gasteiger partial charge in [0.15, 0.2) is 0 Å². The Kier molecular flexibility index (Phi) is 5.81. The Morgan fingerprint density at radius 2 is 2.03 bits per heavy atom. The average Bonchev–Trinajstić information content (AvgIpc) is 3.02. The highest BCUT2D eigenvalue weighted by molar-refractivity contribution is 7.18. The molecule has 152 valence electrons. The Balaban J connectivity index is 1.72. The van der Waals surface area contributed by atoms with Crippen LogP contribution in [0.5, 0.6) is 0 Å².